The van der Waals surface area contributed by atoms with E-state index >= 15 is 0 Å². The largest absolute Gasteiger partial charge is 0.348 e. The van der Waals surface area contributed by atoms with E-state index in [0.717, 1.165) is 16.4 Å². The van der Waals surface area contributed by atoms with E-state index in [1.165, 1.54) is 20.2 Å². The van der Waals surface area contributed by atoms with Gasteiger partial charge in [0.05, 0.1) is 4.90 Å². The molecular weight excluding hydrogens is 378 g/mol. The maximum atomic E-state index is 12.5. The SMILES string of the molecule is CN(C)S(=O)(=O)c1ccccc1CNC(=O)c1ccc(N2CCCC2=O)cc1. The number of hydrogen-bond acceptors (Lipinski definition) is 4. The van der Waals surface area contributed by atoms with E-state index in [2.05, 4.69) is 5.32 Å². The zero-order chi connectivity index (χ0) is 20.3. The Labute approximate surface area is 165 Å². The number of carbonyl (C=O) groups is 2. The van der Waals surface area contributed by atoms with Crippen LogP contribution in [0.15, 0.2) is 53.4 Å². The summed E-state index contributed by atoms with van der Waals surface area (Å²) in [6.45, 7) is 0.788. The molecule has 7 nitrogen and oxygen atoms in total. The number of benzene rings is 2. The normalized spacial score (nSPS) is 14.5. The van der Waals surface area contributed by atoms with Gasteiger partial charge >= 0.3 is 0 Å². The van der Waals surface area contributed by atoms with E-state index in [-0.39, 0.29) is 23.3 Å². The smallest absolute Gasteiger partial charge is 0.251 e. The fraction of sp³-hybridized carbons (Fsp3) is 0.300. The van der Waals surface area contributed by atoms with Crippen LogP contribution in [0.25, 0.3) is 0 Å². The summed E-state index contributed by atoms with van der Waals surface area (Å²) in [5, 5.41) is 2.76. The van der Waals surface area contributed by atoms with Crippen molar-refractivity contribution in [3.8, 4) is 0 Å². The highest BCUT2D eigenvalue weighted by Gasteiger charge is 2.22. The summed E-state index contributed by atoms with van der Waals surface area (Å²) in [6, 6.07) is 13.4. The second-order valence-electron chi connectivity index (χ2n) is 6.77. The van der Waals surface area contributed by atoms with Crippen molar-refractivity contribution in [1.29, 1.82) is 0 Å². The van der Waals surface area contributed by atoms with Gasteiger partial charge in [-0.25, -0.2) is 12.7 Å². The predicted octanol–water partition coefficient (Wildman–Crippen LogP) is 1.99. The third-order valence-corrected chi connectivity index (χ3v) is 6.60. The zero-order valence-electron chi connectivity index (χ0n) is 15.9. The number of carbonyl (C=O) groups excluding carboxylic acids is 2. The minimum atomic E-state index is -3.60. The van der Waals surface area contributed by atoms with Crippen molar-refractivity contribution >= 4 is 27.5 Å². The summed E-state index contributed by atoms with van der Waals surface area (Å²) < 4.78 is 26.0. The fourth-order valence-corrected chi connectivity index (χ4v) is 4.21. The molecule has 0 atom stereocenters. The molecule has 148 valence electrons. The molecule has 1 heterocycles. The van der Waals surface area contributed by atoms with Crippen LogP contribution in [-0.2, 0) is 21.4 Å². The van der Waals surface area contributed by atoms with Gasteiger partial charge in [-0.1, -0.05) is 18.2 Å². The molecule has 28 heavy (non-hydrogen) atoms. The maximum absolute atomic E-state index is 12.5. The molecule has 2 aromatic carbocycles. The van der Waals surface area contributed by atoms with Crippen molar-refractivity contribution in [1.82, 2.24) is 9.62 Å². The van der Waals surface area contributed by atoms with Crippen molar-refractivity contribution in [3.63, 3.8) is 0 Å². The van der Waals surface area contributed by atoms with E-state index in [1.807, 2.05) is 0 Å². The minimum absolute atomic E-state index is 0.0917. The Hall–Kier alpha value is -2.71. The molecule has 0 unspecified atom stereocenters. The molecule has 8 heteroatoms. The number of rotatable bonds is 6. The van der Waals surface area contributed by atoms with Crippen molar-refractivity contribution < 1.29 is 18.0 Å². The van der Waals surface area contributed by atoms with Crippen LogP contribution >= 0.6 is 0 Å². The molecule has 0 saturated carbocycles. The van der Waals surface area contributed by atoms with Gasteiger partial charge in [0.25, 0.3) is 5.91 Å². The van der Waals surface area contributed by atoms with Gasteiger partial charge in [-0.3, -0.25) is 9.59 Å². The molecule has 1 aliphatic heterocycles. The maximum Gasteiger partial charge on any atom is 0.251 e. The molecule has 1 N–H and O–H groups in total. The second kappa shape index (κ2) is 8.12. The molecule has 1 aliphatic rings. The lowest BCUT2D eigenvalue weighted by Crippen LogP contribution is -2.27. The lowest BCUT2D eigenvalue weighted by Gasteiger charge is -2.16. The number of hydrogen-bond donors (Lipinski definition) is 1. The van der Waals surface area contributed by atoms with Gasteiger partial charge in [-0.15, -0.1) is 0 Å². The lowest BCUT2D eigenvalue weighted by molar-refractivity contribution is -0.117. The number of sulfonamides is 1. The molecule has 1 saturated heterocycles. The van der Waals surface area contributed by atoms with E-state index in [1.54, 1.807) is 47.4 Å². The highest BCUT2D eigenvalue weighted by atomic mass is 32.2. The highest BCUT2D eigenvalue weighted by Crippen LogP contribution is 2.22. The number of anilines is 1. The summed E-state index contributed by atoms with van der Waals surface area (Å²) in [4.78, 5) is 26.1. The molecular formula is C20H23N3O4S. The van der Waals surface area contributed by atoms with Crippen LogP contribution in [0.4, 0.5) is 5.69 Å². The van der Waals surface area contributed by atoms with Gasteiger partial charge in [-0.2, -0.15) is 0 Å². The van der Waals surface area contributed by atoms with Crippen molar-refractivity contribution in [2.75, 3.05) is 25.5 Å². The van der Waals surface area contributed by atoms with E-state index in [0.29, 0.717) is 24.1 Å². The van der Waals surface area contributed by atoms with Crippen LogP contribution in [0.1, 0.15) is 28.8 Å². The Bertz CT molecular complexity index is 985. The standard InChI is InChI=1S/C20H23N3O4S/c1-22(2)28(26,27)18-7-4-3-6-16(18)14-21-20(25)15-9-11-17(12-10-15)23-13-5-8-19(23)24/h3-4,6-7,9-12H,5,8,13-14H2,1-2H3,(H,21,25). The first kappa shape index (κ1) is 20.0. The van der Waals surface area contributed by atoms with E-state index in [4.69, 9.17) is 0 Å². The summed E-state index contributed by atoms with van der Waals surface area (Å²) in [7, 11) is -0.657. The van der Waals surface area contributed by atoms with E-state index < -0.39 is 10.0 Å². The first-order valence-electron chi connectivity index (χ1n) is 9.00. The van der Waals surface area contributed by atoms with Crippen LogP contribution < -0.4 is 10.2 Å². The van der Waals surface area contributed by atoms with Gasteiger partial charge in [0.1, 0.15) is 0 Å². The Kier molecular flexibility index (Phi) is 5.81. The average molecular weight is 401 g/mol. The molecule has 3 rings (SSSR count). The molecule has 0 radical (unpaired) electrons. The molecule has 0 aromatic heterocycles. The van der Waals surface area contributed by atoms with Crippen LogP contribution in [0.2, 0.25) is 0 Å². The Morgan fingerprint density at radius 2 is 1.79 bits per heavy atom. The van der Waals surface area contributed by atoms with Crippen molar-refractivity contribution in [2.45, 2.75) is 24.3 Å². The number of nitrogens with one attached hydrogen (secondary N) is 1. The predicted molar refractivity (Wildman–Crippen MR) is 107 cm³/mol. The Morgan fingerprint density at radius 1 is 1.11 bits per heavy atom. The monoisotopic (exact) mass is 401 g/mol. The van der Waals surface area contributed by atoms with Crippen molar-refractivity contribution in [2.24, 2.45) is 0 Å². The third-order valence-electron chi connectivity index (χ3n) is 4.69. The third kappa shape index (κ3) is 4.07. The first-order chi connectivity index (χ1) is 13.3. The van der Waals surface area contributed by atoms with Crippen LogP contribution in [-0.4, -0.2) is 45.2 Å². The Morgan fingerprint density at radius 3 is 2.39 bits per heavy atom. The summed E-state index contributed by atoms with van der Waals surface area (Å²) >= 11 is 0. The van der Waals surface area contributed by atoms with Gasteiger partial charge in [0, 0.05) is 44.9 Å². The minimum Gasteiger partial charge on any atom is -0.348 e. The van der Waals surface area contributed by atoms with Crippen LogP contribution in [0.5, 0.6) is 0 Å². The number of nitrogens with zero attached hydrogens (tertiary/aromatic N) is 2. The molecule has 0 bridgehead atoms. The summed E-state index contributed by atoms with van der Waals surface area (Å²) in [6.07, 6.45) is 1.40. The van der Waals surface area contributed by atoms with Gasteiger partial charge in [-0.05, 0) is 42.3 Å². The average Bonchev–Trinajstić information content (AvgIpc) is 3.12. The molecule has 2 amide bonds. The van der Waals surface area contributed by atoms with Crippen LogP contribution in [0.3, 0.4) is 0 Å². The van der Waals surface area contributed by atoms with Crippen LogP contribution in [0, 0.1) is 0 Å². The quantitative estimate of drug-likeness (QED) is 0.802. The lowest BCUT2D eigenvalue weighted by atomic mass is 10.1. The Balaban J connectivity index is 1.71. The molecule has 0 aliphatic carbocycles. The molecule has 0 spiro atoms. The van der Waals surface area contributed by atoms with Gasteiger partial charge in [0.2, 0.25) is 15.9 Å². The molecule has 1 fully saturated rings. The van der Waals surface area contributed by atoms with E-state index in [9.17, 15) is 18.0 Å². The van der Waals surface area contributed by atoms with Gasteiger partial charge in [0.15, 0.2) is 0 Å². The van der Waals surface area contributed by atoms with Crippen molar-refractivity contribution in [3.05, 3.63) is 59.7 Å². The summed E-state index contributed by atoms with van der Waals surface area (Å²) in [5.41, 5.74) is 1.74. The van der Waals surface area contributed by atoms with Gasteiger partial charge < -0.3 is 10.2 Å². The second-order valence-corrected chi connectivity index (χ2v) is 8.89. The first-order valence-corrected chi connectivity index (χ1v) is 10.4. The highest BCUT2D eigenvalue weighted by molar-refractivity contribution is 7.89. The number of amides is 2. The molecule has 2 aromatic rings. The topological polar surface area (TPSA) is 86.8 Å². The zero-order valence-corrected chi connectivity index (χ0v) is 16.7. The summed E-state index contributed by atoms with van der Waals surface area (Å²) in [5.74, 6) is -0.215. The fourth-order valence-electron chi connectivity index (χ4n) is 3.09.